The maximum atomic E-state index is 12.6. The summed E-state index contributed by atoms with van der Waals surface area (Å²) in [6, 6.07) is 0. The van der Waals surface area contributed by atoms with Crippen LogP contribution in [0.2, 0.25) is 0 Å². The summed E-state index contributed by atoms with van der Waals surface area (Å²) in [5, 5.41) is 11.4. The standard InChI is InChI=1S/C21H31BrO4/c1-12(23)26-13-6-9-20(3)16-7-8-19(2)15(4-5-17(19)24)14(16)10-18(25)21(20,22)11-13/h13-16,18,25H,4-11H2,1-3H3/t13-,14-,15-,16-,18+,19-,20+,21-/m0/s1/i10D2. The maximum absolute atomic E-state index is 12.6. The van der Waals surface area contributed by atoms with Gasteiger partial charge in [0.15, 0.2) is 0 Å². The zero-order valence-electron chi connectivity index (χ0n) is 17.9. The van der Waals surface area contributed by atoms with Crippen molar-refractivity contribution in [3.63, 3.8) is 0 Å². The zero-order valence-corrected chi connectivity index (χ0v) is 17.5. The molecule has 0 aliphatic heterocycles. The van der Waals surface area contributed by atoms with E-state index >= 15 is 0 Å². The Bertz CT molecular complexity index is 715. The predicted octanol–water partition coefficient (Wildman–Crippen LogP) is 4.02. The van der Waals surface area contributed by atoms with E-state index in [1.165, 1.54) is 6.92 Å². The predicted molar refractivity (Wildman–Crippen MR) is 102 cm³/mol. The number of carbonyl (C=O) groups excluding carboxylic acids is 2. The Morgan fingerprint density at radius 1 is 1.27 bits per heavy atom. The van der Waals surface area contributed by atoms with Crippen LogP contribution in [0.4, 0.5) is 0 Å². The van der Waals surface area contributed by atoms with Gasteiger partial charge in [-0.2, -0.15) is 0 Å². The number of fused-ring (bicyclic) bond motifs is 5. The Morgan fingerprint density at radius 2 is 2.00 bits per heavy atom. The molecule has 26 heavy (non-hydrogen) atoms. The van der Waals surface area contributed by atoms with Crippen molar-refractivity contribution in [1.29, 1.82) is 0 Å². The van der Waals surface area contributed by atoms with Crippen LogP contribution < -0.4 is 0 Å². The number of alkyl halides is 1. The maximum Gasteiger partial charge on any atom is 0.302 e. The van der Waals surface area contributed by atoms with Crippen molar-refractivity contribution < 1.29 is 22.2 Å². The molecule has 4 nitrogen and oxygen atoms in total. The highest BCUT2D eigenvalue weighted by Gasteiger charge is 2.67. The van der Waals surface area contributed by atoms with Gasteiger partial charge in [0.25, 0.3) is 0 Å². The van der Waals surface area contributed by atoms with Crippen LogP contribution in [0.25, 0.3) is 0 Å². The second kappa shape index (κ2) is 6.04. The largest absolute Gasteiger partial charge is 0.463 e. The Kier molecular flexibility index (Phi) is 3.84. The van der Waals surface area contributed by atoms with E-state index in [9.17, 15) is 14.7 Å². The first-order chi connectivity index (χ1) is 12.9. The number of Topliss-reactive ketones (excluding diaryl/α,β-unsaturated/α-hetero) is 1. The average Bonchev–Trinajstić information content (AvgIpc) is 2.90. The summed E-state index contributed by atoms with van der Waals surface area (Å²) in [5.41, 5.74) is -0.766. The number of hydrogen-bond donors (Lipinski definition) is 1. The summed E-state index contributed by atoms with van der Waals surface area (Å²) < 4.78 is 22.5. The second-order valence-corrected chi connectivity index (χ2v) is 10.9. The summed E-state index contributed by atoms with van der Waals surface area (Å²) in [5.74, 6) is -0.320. The van der Waals surface area contributed by atoms with Crippen LogP contribution in [0, 0.1) is 28.6 Å². The first-order valence-corrected chi connectivity index (χ1v) is 10.7. The zero-order chi connectivity index (χ0) is 20.7. The number of ketones is 1. The van der Waals surface area contributed by atoms with Gasteiger partial charge in [0.1, 0.15) is 11.9 Å². The summed E-state index contributed by atoms with van der Waals surface area (Å²) >= 11 is 3.81. The molecule has 0 amide bonds. The summed E-state index contributed by atoms with van der Waals surface area (Å²) in [6.07, 6.45) is 1.43. The molecule has 0 bridgehead atoms. The van der Waals surface area contributed by atoms with Crippen LogP contribution >= 0.6 is 15.9 Å². The molecule has 8 atom stereocenters. The van der Waals surface area contributed by atoms with Crippen molar-refractivity contribution in [3.8, 4) is 0 Å². The summed E-state index contributed by atoms with van der Waals surface area (Å²) in [6.45, 7) is 5.57. The molecular weight excluding hydrogens is 396 g/mol. The smallest absolute Gasteiger partial charge is 0.302 e. The molecule has 0 aromatic rings. The lowest BCUT2D eigenvalue weighted by Crippen LogP contribution is -2.66. The minimum atomic E-state index is -1.80. The normalized spacial score (nSPS) is 56.5. The second-order valence-electron chi connectivity index (χ2n) is 9.48. The van der Waals surface area contributed by atoms with Gasteiger partial charge in [0, 0.05) is 27.9 Å². The van der Waals surface area contributed by atoms with Crippen LogP contribution in [0.1, 0.15) is 74.8 Å². The van der Waals surface area contributed by atoms with Gasteiger partial charge in [-0.3, -0.25) is 9.59 Å². The number of rotatable bonds is 1. The van der Waals surface area contributed by atoms with E-state index in [0.29, 0.717) is 12.8 Å². The molecule has 146 valence electrons. The van der Waals surface area contributed by atoms with Gasteiger partial charge in [0.05, 0.1) is 10.4 Å². The molecule has 4 fully saturated rings. The van der Waals surface area contributed by atoms with E-state index < -0.39 is 22.2 Å². The molecule has 1 N–H and O–H groups in total. The Labute approximate surface area is 167 Å². The number of aliphatic hydroxyl groups is 1. The first kappa shape index (κ1) is 16.5. The first-order valence-electron chi connectivity index (χ1n) is 11.0. The number of aliphatic hydroxyl groups excluding tert-OH is 1. The lowest BCUT2D eigenvalue weighted by Gasteiger charge is -2.65. The van der Waals surface area contributed by atoms with Gasteiger partial charge < -0.3 is 9.84 Å². The Morgan fingerprint density at radius 3 is 2.69 bits per heavy atom. The highest BCUT2D eigenvalue weighted by Crippen LogP contribution is 2.68. The molecule has 0 radical (unpaired) electrons. The topological polar surface area (TPSA) is 63.6 Å². The molecule has 0 saturated heterocycles. The number of ether oxygens (including phenoxy) is 1. The molecule has 0 aromatic heterocycles. The van der Waals surface area contributed by atoms with Gasteiger partial charge in [0.2, 0.25) is 0 Å². The monoisotopic (exact) mass is 428 g/mol. The fourth-order valence-corrected chi connectivity index (χ4v) is 7.75. The van der Waals surface area contributed by atoms with E-state index in [-0.39, 0.29) is 41.0 Å². The molecule has 0 aromatic carbocycles. The van der Waals surface area contributed by atoms with Gasteiger partial charge in [-0.15, -0.1) is 0 Å². The lowest BCUT2D eigenvalue weighted by molar-refractivity contribution is -0.168. The van der Waals surface area contributed by atoms with Crippen molar-refractivity contribution in [3.05, 3.63) is 0 Å². The number of esters is 1. The van der Waals surface area contributed by atoms with Gasteiger partial charge >= 0.3 is 5.97 Å². The SMILES string of the molecule is [2H]C1([2H])[C@H]2[C@@H]3CCC(=O)[C@@]3(C)CC[C@@H]2[C@@]2(C)CC[C@H](OC(C)=O)C[C@]2(Br)[C@@H]1O. The fourth-order valence-electron chi connectivity index (χ4n) is 6.76. The third-order valence-electron chi connectivity index (χ3n) is 8.37. The average molecular weight is 429 g/mol. The molecule has 4 rings (SSSR count). The molecule has 0 unspecified atom stereocenters. The molecule has 5 heteroatoms. The molecule has 0 heterocycles. The minimum absolute atomic E-state index is 0.0107. The fraction of sp³-hybridized carbons (Fsp3) is 0.905. The highest BCUT2D eigenvalue weighted by molar-refractivity contribution is 9.10. The third-order valence-corrected chi connectivity index (χ3v) is 10.0. The van der Waals surface area contributed by atoms with E-state index in [4.69, 9.17) is 7.48 Å². The van der Waals surface area contributed by atoms with Crippen LogP contribution in [-0.2, 0) is 14.3 Å². The van der Waals surface area contributed by atoms with Crippen molar-refractivity contribution in [2.24, 2.45) is 28.6 Å². The number of carbonyl (C=O) groups is 2. The van der Waals surface area contributed by atoms with E-state index in [0.717, 1.165) is 32.1 Å². The molecule has 0 spiro atoms. The van der Waals surface area contributed by atoms with E-state index in [1.54, 1.807) is 0 Å². The number of halogens is 1. The van der Waals surface area contributed by atoms with Crippen LogP contribution in [0.15, 0.2) is 0 Å². The van der Waals surface area contributed by atoms with Gasteiger partial charge in [-0.1, -0.05) is 29.8 Å². The highest BCUT2D eigenvalue weighted by atomic mass is 79.9. The van der Waals surface area contributed by atoms with E-state index in [2.05, 4.69) is 22.9 Å². The summed E-state index contributed by atoms with van der Waals surface area (Å²) in [7, 11) is 0. The molecular formula is C21H31BrO4. The van der Waals surface area contributed by atoms with E-state index in [1.807, 2.05) is 6.92 Å². The Balaban J connectivity index is 1.76. The lowest BCUT2D eigenvalue weighted by atomic mass is 9.44. The van der Waals surface area contributed by atoms with Crippen LogP contribution in [0.3, 0.4) is 0 Å². The number of hydrogen-bond acceptors (Lipinski definition) is 4. The van der Waals surface area contributed by atoms with Crippen molar-refractivity contribution >= 4 is 27.7 Å². The van der Waals surface area contributed by atoms with Crippen molar-refractivity contribution in [2.45, 2.75) is 88.6 Å². The van der Waals surface area contributed by atoms with Crippen LogP contribution in [0.5, 0.6) is 0 Å². The van der Waals surface area contributed by atoms with Gasteiger partial charge in [-0.25, -0.2) is 0 Å². The van der Waals surface area contributed by atoms with Crippen LogP contribution in [-0.4, -0.2) is 33.4 Å². The quantitative estimate of drug-likeness (QED) is 0.505. The Hall–Kier alpha value is -0.420. The molecule has 4 saturated carbocycles. The molecule has 4 aliphatic rings. The summed E-state index contributed by atoms with van der Waals surface area (Å²) in [4.78, 5) is 24.1. The third kappa shape index (κ3) is 2.41. The van der Waals surface area contributed by atoms with Gasteiger partial charge in [-0.05, 0) is 61.6 Å². The van der Waals surface area contributed by atoms with Crippen molar-refractivity contribution in [2.75, 3.05) is 0 Å². The minimum Gasteiger partial charge on any atom is -0.463 e. The van der Waals surface area contributed by atoms with Crippen molar-refractivity contribution in [1.82, 2.24) is 0 Å². The molecule has 4 aliphatic carbocycles.